The van der Waals surface area contributed by atoms with Gasteiger partial charge in [0.05, 0.1) is 11.8 Å². The second kappa shape index (κ2) is 7.07. The fourth-order valence-corrected chi connectivity index (χ4v) is 3.09. The lowest BCUT2D eigenvalue weighted by molar-refractivity contribution is 0.0942. The van der Waals surface area contributed by atoms with Gasteiger partial charge in [-0.3, -0.25) is 4.79 Å². The van der Waals surface area contributed by atoms with Crippen LogP contribution in [0.2, 0.25) is 0 Å². The number of furan rings is 1. The molecule has 1 amide bonds. The number of nitrogens with one attached hydrogen (secondary N) is 1. The van der Waals surface area contributed by atoms with Gasteiger partial charge in [-0.05, 0) is 23.3 Å². The molecule has 0 aliphatic heterocycles. The normalized spacial score (nSPS) is 11.0. The Kier molecular flexibility index (Phi) is 4.46. The number of benzene rings is 2. The average molecular weight is 366 g/mol. The lowest BCUT2D eigenvalue weighted by Crippen LogP contribution is -2.25. The average Bonchev–Trinajstić information content (AvgIpc) is 3.22. The summed E-state index contributed by atoms with van der Waals surface area (Å²) in [5, 5.41) is 2.87. The fraction of sp³-hybridized carbons (Fsp3) is 0.0952. The van der Waals surface area contributed by atoms with Crippen LogP contribution in [0.1, 0.15) is 21.6 Å². The molecule has 0 bridgehead atoms. The first-order valence-electron chi connectivity index (χ1n) is 8.44. The van der Waals surface area contributed by atoms with Gasteiger partial charge in [-0.1, -0.05) is 30.3 Å². The van der Waals surface area contributed by atoms with Crippen molar-refractivity contribution in [1.29, 1.82) is 0 Å². The van der Waals surface area contributed by atoms with Crippen molar-refractivity contribution in [3.63, 3.8) is 0 Å². The van der Waals surface area contributed by atoms with Gasteiger partial charge in [-0.15, -0.1) is 0 Å². The Labute approximate surface area is 154 Å². The van der Waals surface area contributed by atoms with Gasteiger partial charge in [-0.2, -0.15) is 0 Å². The summed E-state index contributed by atoms with van der Waals surface area (Å²) in [5.41, 5.74) is 2.98. The zero-order valence-electron chi connectivity index (χ0n) is 14.3. The topological polar surface area (TPSA) is 47.2 Å². The van der Waals surface area contributed by atoms with Crippen molar-refractivity contribution in [3.8, 4) is 0 Å². The molecule has 4 nitrogen and oxygen atoms in total. The molecule has 2 heterocycles. The first-order chi connectivity index (χ1) is 13.1. The molecule has 0 spiro atoms. The van der Waals surface area contributed by atoms with E-state index in [2.05, 4.69) is 5.32 Å². The maximum atomic E-state index is 13.5. The predicted molar refractivity (Wildman–Crippen MR) is 97.3 cm³/mol. The Bertz CT molecular complexity index is 1080. The van der Waals surface area contributed by atoms with Crippen molar-refractivity contribution in [2.24, 2.45) is 0 Å². The third-order valence-corrected chi connectivity index (χ3v) is 4.31. The molecular formula is C21H16F2N2O2. The summed E-state index contributed by atoms with van der Waals surface area (Å²) in [5.74, 6) is -1.60. The van der Waals surface area contributed by atoms with Crippen molar-refractivity contribution >= 4 is 17.0 Å². The smallest absolute Gasteiger partial charge is 0.268 e. The van der Waals surface area contributed by atoms with Gasteiger partial charge in [0.15, 0.2) is 5.58 Å². The largest absolute Gasteiger partial charge is 0.463 e. The van der Waals surface area contributed by atoms with E-state index in [9.17, 15) is 13.6 Å². The lowest BCUT2D eigenvalue weighted by atomic mass is 10.2. The molecule has 0 aliphatic carbocycles. The van der Waals surface area contributed by atoms with E-state index in [0.717, 1.165) is 11.6 Å². The Morgan fingerprint density at radius 3 is 2.44 bits per heavy atom. The molecule has 27 heavy (non-hydrogen) atoms. The van der Waals surface area contributed by atoms with Crippen LogP contribution in [0.3, 0.4) is 0 Å². The molecule has 0 fully saturated rings. The predicted octanol–water partition coefficient (Wildman–Crippen LogP) is 4.49. The summed E-state index contributed by atoms with van der Waals surface area (Å²) in [6.07, 6.45) is 1.51. The number of amides is 1. The molecule has 6 heteroatoms. The van der Waals surface area contributed by atoms with E-state index in [0.29, 0.717) is 28.9 Å². The van der Waals surface area contributed by atoms with Gasteiger partial charge < -0.3 is 14.3 Å². The maximum absolute atomic E-state index is 13.5. The summed E-state index contributed by atoms with van der Waals surface area (Å²) in [7, 11) is 0. The molecule has 4 aromatic rings. The highest BCUT2D eigenvalue weighted by molar-refractivity contribution is 5.97. The number of carbonyl (C=O) groups is 1. The van der Waals surface area contributed by atoms with Gasteiger partial charge >= 0.3 is 0 Å². The summed E-state index contributed by atoms with van der Waals surface area (Å²) in [6.45, 7) is 0.520. The molecule has 2 aromatic heterocycles. The van der Waals surface area contributed by atoms with Gasteiger partial charge in [-0.25, -0.2) is 8.78 Å². The Hall–Kier alpha value is -3.41. The Morgan fingerprint density at radius 1 is 0.963 bits per heavy atom. The van der Waals surface area contributed by atoms with Gasteiger partial charge in [0.2, 0.25) is 0 Å². The van der Waals surface area contributed by atoms with E-state index in [1.807, 2.05) is 30.3 Å². The lowest BCUT2D eigenvalue weighted by Gasteiger charge is -2.11. The van der Waals surface area contributed by atoms with Crippen LogP contribution in [0.15, 0.2) is 71.3 Å². The number of hydrogen-bond acceptors (Lipinski definition) is 2. The van der Waals surface area contributed by atoms with Crippen LogP contribution in [-0.2, 0) is 13.1 Å². The van der Waals surface area contributed by atoms with Crippen LogP contribution in [0.4, 0.5) is 8.78 Å². The molecule has 136 valence electrons. The highest BCUT2D eigenvalue weighted by atomic mass is 19.1. The van der Waals surface area contributed by atoms with Crippen molar-refractivity contribution in [2.75, 3.05) is 0 Å². The highest BCUT2D eigenvalue weighted by Gasteiger charge is 2.18. The molecule has 0 unspecified atom stereocenters. The molecule has 0 saturated carbocycles. The number of nitrogens with zero attached hydrogens (tertiary/aromatic N) is 1. The van der Waals surface area contributed by atoms with Crippen molar-refractivity contribution < 1.29 is 18.0 Å². The van der Waals surface area contributed by atoms with Crippen LogP contribution in [-0.4, -0.2) is 10.5 Å². The Balaban J connectivity index is 1.63. The third kappa shape index (κ3) is 3.60. The minimum Gasteiger partial charge on any atom is -0.463 e. The fourth-order valence-electron chi connectivity index (χ4n) is 3.09. The molecule has 2 aromatic carbocycles. The van der Waals surface area contributed by atoms with Crippen molar-refractivity contribution in [1.82, 2.24) is 9.88 Å². The number of fused-ring (bicyclic) bond motifs is 1. The van der Waals surface area contributed by atoms with Crippen molar-refractivity contribution in [3.05, 3.63) is 95.4 Å². The van der Waals surface area contributed by atoms with Gasteiger partial charge in [0.1, 0.15) is 17.3 Å². The standard InChI is InChI=1S/C21H16F2N2O2/c22-16-8-15(9-17(23)10-16)13-25-18-6-7-27-20(18)11-19(25)21(26)24-12-14-4-2-1-3-5-14/h1-11H,12-13H2,(H,24,26). The van der Waals surface area contributed by atoms with Gasteiger partial charge in [0, 0.05) is 31.3 Å². The third-order valence-electron chi connectivity index (χ3n) is 4.31. The van der Waals surface area contributed by atoms with Crippen LogP contribution in [0, 0.1) is 11.6 Å². The molecule has 0 aliphatic rings. The summed E-state index contributed by atoms with van der Waals surface area (Å²) >= 11 is 0. The summed E-state index contributed by atoms with van der Waals surface area (Å²) in [4.78, 5) is 12.7. The van der Waals surface area contributed by atoms with E-state index in [1.54, 1.807) is 16.7 Å². The van der Waals surface area contributed by atoms with E-state index in [-0.39, 0.29) is 12.5 Å². The van der Waals surface area contributed by atoms with Crippen LogP contribution >= 0.6 is 0 Å². The van der Waals surface area contributed by atoms with Gasteiger partial charge in [0.25, 0.3) is 5.91 Å². The minimum absolute atomic E-state index is 0.145. The highest BCUT2D eigenvalue weighted by Crippen LogP contribution is 2.23. The molecule has 0 saturated heterocycles. The van der Waals surface area contributed by atoms with E-state index < -0.39 is 11.6 Å². The number of carbonyl (C=O) groups excluding carboxylic acids is 1. The number of halogens is 2. The quantitative estimate of drug-likeness (QED) is 0.566. The zero-order valence-corrected chi connectivity index (χ0v) is 14.3. The first-order valence-corrected chi connectivity index (χ1v) is 8.44. The molecule has 0 radical (unpaired) electrons. The van der Waals surface area contributed by atoms with Crippen LogP contribution < -0.4 is 5.32 Å². The number of rotatable bonds is 5. The maximum Gasteiger partial charge on any atom is 0.268 e. The number of aromatic nitrogens is 1. The first kappa shape index (κ1) is 17.0. The van der Waals surface area contributed by atoms with E-state index >= 15 is 0 Å². The second-order valence-electron chi connectivity index (χ2n) is 6.23. The molecule has 4 rings (SSSR count). The Morgan fingerprint density at radius 2 is 1.70 bits per heavy atom. The van der Waals surface area contributed by atoms with E-state index in [4.69, 9.17) is 4.42 Å². The molecule has 1 N–H and O–H groups in total. The van der Waals surface area contributed by atoms with Crippen molar-refractivity contribution in [2.45, 2.75) is 13.1 Å². The molecule has 0 atom stereocenters. The van der Waals surface area contributed by atoms with Crippen LogP contribution in [0.5, 0.6) is 0 Å². The second-order valence-corrected chi connectivity index (χ2v) is 6.23. The summed E-state index contributed by atoms with van der Waals surface area (Å²) in [6, 6.07) is 16.2. The number of hydrogen-bond donors (Lipinski definition) is 1. The monoisotopic (exact) mass is 366 g/mol. The van der Waals surface area contributed by atoms with E-state index in [1.165, 1.54) is 18.4 Å². The minimum atomic E-state index is -0.657. The zero-order chi connectivity index (χ0) is 18.8. The summed E-state index contributed by atoms with van der Waals surface area (Å²) < 4.78 is 34.1. The SMILES string of the molecule is O=C(NCc1ccccc1)c1cc2occc2n1Cc1cc(F)cc(F)c1. The molecular weight excluding hydrogens is 350 g/mol. The van der Waals surface area contributed by atoms with Crippen LogP contribution in [0.25, 0.3) is 11.1 Å².